The first-order valence-electron chi connectivity index (χ1n) is 6.06. The molecule has 2 aliphatic rings. The van der Waals surface area contributed by atoms with Crippen molar-refractivity contribution in [1.82, 2.24) is 4.90 Å². The van der Waals surface area contributed by atoms with Gasteiger partial charge in [0.2, 0.25) is 0 Å². The largest absolute Gasteiger partial charge is 0.492 e. The minimum atomic E-state index is -0.840. The van der Waals surface area contributed by atoms with E-state index < -0.39 is 6.09 Å². The fourth-order valence-corrected chi connectivity index (χ4v) is 3.19. The second-order valence-electron chi connectivity index (χ2n) is 4.85. The van der Waals surface area contributed by atoms with Gasteiger partial charge in [0, 0.05) is 24.6 Å². The topological polar surface area (TPSA) is 49.8 Å². The number of likely N-dealkylation sites (tertiary alicyclic amines) is 1. The van der Waals surface area contributed by atoms with Crippen LogP contribution in [0.5, 0.6) is 5.75 Å². The van der Waals surface area contributed by atoms with Crippen LogP contribution >= 0.6 is 11.6 Å². The van der Waals surface area contributed by atoms with E-state index in [0.717, 1.165) is 17.7 Å². The van der Waals surface area contributed by atoms with E-state index >= 15 is 0 Å². The predicted molar refractivity (Wildman–Crippen MR) is 67.4 cm³/mol. The quantitative estimate of drug-likeness (QED) is 0.786. The zero-order valence-corrected chi connectivity index (χ0v) is 10.6. The third-order valence-corrected chi connectivity index (χ3v) is 4.14. The highest BCUT2D eigenvalue weighted by Gasteiger charge is 2.39. The average Bonchev–Trinajstić information content (AvgIpc) is 2.68. The van der Waals surface area contributed by atoms with Crippen molar-refractivity contribution in [3.8, 4) is 5.75 Å². The Hall–Kier alpha value is -1.42. The summed E-state index contributed by atoms with van der Waals surface area (Å²) in [4.78, 5) is 12.6. The SMILES string of the molecule is O=C(O)N1C[C@H]2CCOc3c(Cl)cccc3[C@@H]2C1. The lowest BCUT2D eigenvalue weighted by molar-refractivity contribution is 0.152. The lowest BCUT2D eigenvalue weighted by Crippen LogP contribution is -2.27. The van der Waals surface area contributed by atoms with Crippen LogP contribution in [0.2, 0.25) is 5.02 Å². The first-order valence-corrected chi connectivity index (χ1v) is 6.43. The summed E-state index contributed by atoms with van der Waals surface area (Å²) in [5.41, 5.74) is 1.05. The van der Waals surface area contributed by atoms with Crippen LogP contribution in [-0.4, -0.2) is 35.8 Å². The second-order valence-corrected chi connectivity index (χ2v) is 5.26. The van der Waals surface area contributed by atoms with Crippen LogP contribution in [0.15, 0.2) is 18.2 Å². The molecule has 3 rings (SSSR count). The minimum Gasteiger partial charge on any atom is -0.492 e. The van der Waals surface area contributed by atoms with Gasteiger partial charge in [0.1, 0.15) is 5.75 Å². The zero-order chi connectivity index (χ0) is 12.7. The summed E-state index contributed by atoms with van der Waals surface area (Å²) in [7, 11) is 0. The molecule has 18 heavy (non-hydrogen) atoms. The molecule has 1 aromatic carbocycles. The molecule has 0 bridgehead atoms. The number of carboxylic acid groups (broad SMARTS) is 1. The van der Waals surface area contributed by atoms with Gasteiger partial charge in [0.25, 0.3) is 0 Å². The molecular formula is C13H14ClNO3. The zero-order valence-electron chi connectivity index (χ0n) is 9.80. The number of fused-ring (bicyclic) bond motifs is 3. The lowest BCUT2D eigenvalue weighted by Gasteiger charge is -2.16. The minimum absolute atomic E-state index is 0.206. The molecule has 96 valence electrons. The molecule has 2 aliphatic heterocycles. The Morgan fingerprint density at radius 3 is 3.06 bits per heavy atom. The lowest BCUT2D eigenvalue weighted by atomic mass is 9.87. The Balaban J connectivity index is 1.99. The van der Waals surface area contributed by atoms with Crippen molar-refractivity contribution in [3.63, 3.8) is 0 Å². The number of carbonyl (C=O) groups is 1. The van der Waals surface area contributed by atoms with E-state index in [9.17, 15) is 4.79 Å². The van der Waals surface area contributed by atoms with E-state index in [-0.39, 0.29) is 5.92 Å². The average molecular weight is 268 g/mol. The summed E-state index contributed by atoms with van der Waals surface area (Å²) >= 11 is 6.15. The number of rotatable bonds is 0. The fourth-order valence-electron chi connectivity index (χ4n) is 2.95. The third kappa shape index (κ3) is 1.81. The van der Waals surface area contributed by atoms with Gasteiger partial charge in [0.05, 0.1) is 11.6 Å². The van der Waals surface area contributed by atoms with Crippen molar-refractivity contribution in [1.29, 1.82) is 0 Å². The number of amides is 1. The predicted octanol–water partition coefficient (Wildman–Crippen LogP) is 2.82. The van der Waals surface area contributed by atoms with Gasteiger partial charge in [-0.15, -0.1) is 0 Å². The molecule has 2 atom stereocenters. The molecule has 1 fully saturated rings. The molecule has 1 N–H and O–H groups in total. The van der Waals surface area contributed by atoms with Crippen LogP contribution in [0.25, 0.3) is 0 Å². The molecule has 2 heterocycles. The smallest absolute Gasteiger partial charge is 0.407 e. The standard InChI is InChI=1S/C13H14ClNO3/c14-11-3-1-2-9-10-7-15(13(16)17)6-8(10)4-5-18-12(9)11/h1-3,8,10H,4-7H2,(H,16,17)/t8-,10-/m1/s1. The first kappa shape index (κ1) is 11.7. The van der Waals surface area contributed by atoms with E-state index in [1.165, 1.54) is 4.90 Å². The number of halogens is 1. The van der Waals surface area contributed by atoms with Gasteiger partial charge in [-0.1, -0.05) is 23.7 Å². The van der Waals surface area contributed by atoms with Gasteiger partial charge in [0.15, 0.2) is 0 Å². The second kappa shape index (κ2) is 4.35. The third-order valence-electron chi connectivity index (χ3n) is 3.84. The molecule has 0 radical (unpaired) electrons. The summed E-state index contributed by atoms with van der Waals surface area (Å²) in [6, 6.07) is 5.70. The number of para-hydroxylation sites is 1. The van der Waals surface area contributed by atoms with Gasteiger partial charge in [-0.25, -0.2) is 4.79 Å². The number of nitrogens with zero attached hydrogens (tertiary/aromatic N) is 1. The van der Waals surface area contributed by atoms with Gasteiger partial charge >= 0.3 is 6.09 Å². The van der Waals surface area contributed by atoms with E-state index in [1.807, 2.05) is 18.2 Å². The molecule has 0 aliphatic carbocycles. The molecule has 1 saturated heterocycles. The summed E-state index contributed by atoms with van der Waals surface area (Å²) in [5, 5.41) is 9.71. The number of hydrogen-bond donors (Lipinski definition) is 1. The van der Waals surface area contributed by atoms with E-state index in [2.05, 4.69) is 0 Å². The van der Waals surface area contributed by atoms with Gasteiger partial charge in [-0.3, -0.25) is 0 Å². The van der Waals surface area contributed by atoms with Crippen molar-refractivity contribution < 1.29 is 14.6 Å². The van der Waals surface area contributed by atoms with Crippen molar-refractivity contribution in [2.45, 2.75) is 12.3 Å². The highest BCUT2D eigenvalue weighted by Crippen LogP contribution is 2.44. The summed E-state index contributed by atoms with van der Waals surface area (Å²) in [6.45, 7) is 1.73. The number of ether oxygens (including phenoxy) is 1. The fraction of sp³-hybridized carbons (Fsp3) is 0.462. The summed E-state index contributed by atoms with van der Waals surface area (Å²) < 4.78 is 5.71. The Morgan fingerprint density at radius 2 is 2.28 bits per heavy atom. The molecule has 4 nitrogen and oxygen atoms in total. The summed E-state index contributed by atoms with van der Waals surface area (Å²) in [5.74, 6) is 1.28. The Morgan fingerprint density at radius 1 is 1.44 bits per heavy atom. The molecule has 0 aromatic heterocycles. The monoisotopic (exact) mass is 267 g/mol. The van der Waals surface area contributed by atoms with Crippen molar-refractivity contribution in [3.05, 3.63) is 28.8 Å². The highest BCUT2D eigenvalue weighted by molar-refractivity contribution is 6.32. The van der Waals surface area contributed by atoms with Gasteiger partial charge in [-0.2, -0.15) is 0 Å². The van der Waals surface area contributed by atoms with Crippen molar-refractivity contribution in [2.75, 3.05) is 19.7 Å². The molecule has 1 aromatic rings. The number of benzene rings is 1. The Bertz CT molecular complexity index is 491. The molecule has 0 spiro atoms. The maximum atomic E-state index is 11.1. The maximum Gasteiger partial charge on any atom is 0.407 e. The van der Waals surface area contributed by atoms with Crippen LogP contribution < -0.4 is 4.74 Å². The molecule has 1 amide bonds. The van der Waals surface area contributed by atoms with Crippen LogP contribution in [0.4, 0.5) is 4.79 Å². The highest BCUT2D eigenvalue weighted by atomic mass is 35.5. The summed E-state index contributed by atoms with van der Waals surface area (Å²) in [6.07, 6.45) is 0.0342. The van der Waals surface area contributed by atoms with E-state index in [1.54, 1.807) is 0 Å². The van der Waals surface area contributed by atoms with Gasteiger partial charge in [-0.05, 0) is 18.4 Å². The molecular weight excluding hydrogens is 254 g/mol. The van der Waals surface area contributed by atoms with E-state index in [0.29, 0.717) is 30.6 Å². The Kier molecular flexibility index (Phi) is 2.82. The number of hydrogen-bond acceptors (Lipinski definition) is 2. The normalized spacial score (nSPS) is 25.9. The molecule has 0 unspecified atom stereocenters. The van der Waals surface area contributed by atoms with Gasteiger partial charge < -0.3 is 14.7 Å². The maximum absolute atomic E-state index is 11.1. The van der Waals surface area contributed by atoms with Crippen LogP contribution in [0, 0.1) is 5.92 Å². The van der Waals surface area contributed by atoms with Crippen molar-refractivity contribution in [2.24, 2.45) is 5.92 Å². The van der Waals surface area contributed by atoms with E-state index in [4.69, 9.17) is 21.4 Å². The van der Waals surface area contributed by atoms with Crippen LogP contribution in [0.3, 0.4) is 0 Å². The van der Waals surface area contributed by atoms with Crippen LogP contribution in [0.1, 0.15) is 17.9 Å². The first-order chi connectivity index (χ1) is 8.66. The Labute approximate surface area is 110 Å². The molecule has 5 heteroatoms. The molecule has 0 saturated carbocycles. The van der Waals surface area contributed by atoms with Crippen LogP contribution in [-0.2, 0) is 0 Å². The van der Waals surface area contributed by atoms with Crippen molar-refractivity contribution >= 4 is 17.7 Å².